The van der Waals surface area contributed by atoms with Crippen LogP contribution in [0.1, 0.15) is 25.8 Å². The van der Waals surface area contributed by atoms with Crippen LogP contribution in [0.25, 0.3) is 0 Å². The van der Waals surface area contributed by atoms with Gasteiger partial charge in [-0.25, -0.2) is 8.42 Å². The summed E-state index contributed by atoms with van der Waals surface area (Å²) in [6.07, 6.45) is 0.290. The second kappa shape index (κ2) is 14.4. The zero-order chi connectivity index (χ0) is 30.2. The number of ether oxygens (including phenoxy) is 2. The Labute approximate surface area is 251 Å². The number of para-hydroxylation sites is 2. The van der Waals surface area contributed by atoms with Crippen molar-refractivity contribution in [2.45, 2.75) is 37.8 Å². The van der Waals surface area contributed by atoms with Crippen molar-refractivity contribution in [1.29, 1.82) is 0 Å². The summed E-state index contributed by atoms with van der Waals surface area (Å²) in [6.45, 7) is 3.31. The second-order valence-electron chi connectivity index (χ2n) is 8.95. The maximum absolute atomic E-state index is 14.1. The standard InChI is InChI=1S/C29H33Cl2N3O6S/c1-5-25(29(36)32-6-2)33(18-20-11-16-23(30)24(31)17-20)28(35)19-34(26-9-7-8-10-27(26)40-4)41(37,38)22-14-12-21(39-3)13-15-22/h7-17,25H,5-6,18-19H2,1-4H3,(H,32,36)/t25-/m0/s1. The number of hydrogen-bond acceptors (Lipinski definition) is 6. The van der Waals surface area contributed by atoms with Gasteiger partial charge in [0.05, 0.1) is 34.8 Å². The molecule has 0 aliphatic heterocycles. The van der Waals surface area contributed by atoms with Crippen molar-refractivity contribution in [3.05, 3.63) is 82.3 Å². The summed E-state index contributed by atoms with van der Waals surface area (Å²) in [7, 11) is -1.39. The van der Waals surface area contributed by atoms with Crippen LogP contribution in [0.15, 0.2) is 71.6 Å². The smallest absolute Gasteiger partial charge is 0.264 e. The molecular formula is C29H33Cl2N3O6S. The molecule has 0 aromatic heterocycles. The number of halogens is 2. The quantitative estimate of drug-likeness (QED) is 0.283. The number of nitrogens with one attached hydrogen (secondary N) is 1. The first kappa shape index (κ1) is 32.0. The zero-order valence-corrected chi connectivity index (χ0v) is 25.6. The Morgan fingerprint density at radius 1 is 0.927 bits per heavy atom. The summed E-state index contributed by atoms with van der Waals surface area (Å²) in [5.74, 6) is -0.226. The van der Waals surface area contributed by atoms with Crippen molar-refractivity contribution >= 4 is 50.7 Å². The van der Waals surface area contributed by atoms with Gasteiger partial charge in [0.1, 0.15) is 24.1 Å². The fourth-order valence-electron chi connectivity index (χ4n) is 4.27. The molecule has 0 saturated heterocycles. The Hall–Kier alpha value is -3.47. The first-order chi connectivity index (χ1) is 19.6. The number of sulfonamides is 1. The van der Waals surface area contributed by atoms with E-state index in [0.29, 0.717) is 34.3 Å². The number of rotatable bonds is 13. The van der Waals surface area contributed by atoms with Crippen LogP contribution in [0.5, 0.6) is 11.5 Å². The number of carbonyl (C=O) groups is 2. The summed E-state index contributed by atoms with van der Waals surface area (Å²) in [4.78, 5) is 28.4. The fraction of sp³-hybridized carbons (Fsp3) is 0.310. The number of benzene rings is 3. The van der Waals surface area contributed by atoms with Gasteiger partial charge in [-0.2, -0.15) is 0 Å². The molecule has 1 atom stereocenters. The lowest BCUT2D eigenvalue weighted by Gasteiger charge is -2.33. The van der Waals surface area contributed by atoms with E-state index < -0.39 is 28.5 Å². The summed E-state index contributed by atoms with van der Waals surface area (Å²) in [6, 6.07) is 16.4. The van der Waals surface area contributed by atoms with E-state index in [9.17, 15) is 18.0 Å². The van der Waals surface area contributed by atoms with E-state index in [-0.39, 0.29) is 28.8 Å². The van der Waals surface area contributed by atoms with E-state index in [1.807, 2.05) is 0 Å². The largest absolute Gasteiger partial charge is 0.497 e. The highest BCUT2D eigenvalue weighted by Gasteiger charge is 2.34. The number of likely N-dealkylation sites (N-methyl/N-ethyl adjacent to an activating group) is 1. The maximum Gasteiger partial charge on any atom is 0.264 e. The SMILES string of the molecule is CCNC(=O)[C@H](CC)N(Cc1ccc(Cl)c(Cl)c1)C(=O)CN(c1ccccc1OC)S(=O)(=O)c1ccc(OC)cc1. The first-order valence-electron chi connectivity index (χ1n) is 12.9. The highest BCUT2D eigenvalue weighted by atomic mass is 35.5. The monoisotopic (exact) mass is 621 g/mol. The molecule has 0 heterocycles. The van der Waals surface area contributed by atoms with Crippen molar-refractivity contribution < 1.29 is 27.5 Å². The number of amides is 2. The molecule has 3 aromatic rings. The van der Waals surface area contributed by atoms with Gasteiger partial charge in [0, 0.05) is 13.1 Å². The van der Waals surface area contributed by atoms with Crippen LogP contribution in [-0.2, 0) is 26.2 Å². The molecular weight excluding hydrogens is 589 g/mol. The van der Waals surface area contributed by atoms with E-state index in [2.05, 4.69) is 5.32 Å². The lowest BCUT2D eigenvalue weighted by molar-refractivity contribution is -0.140. The molecule has 12 heteroatoms. The van der Waals surface area contributed by atoms with E-state index in [1.165, 1.54) is 43.4 Å². The van der Waals surface area contributed by atoms with Crippen LogP contribution in [0.3, 0.4) is 0 Å². The molecule has 9 nitrogen and oxygen atoms in total. The van der Waals surface area contributed by atoms with E-state index in [4.69, 9.17) is 32.7 Å². The molecule has 0 radical (unpaired) electrons. The van der Waals surface area contributed by atoms with Gasteiger partial charge < -0.3 is 19.7 Å². The van der Waals surface area contributed by atoms with Crippen LogP contribution in [0.2, 0.25) is 10.0 Å². The topological polar surface area (TPSA) is 105 Å². The zero-order valence-electron chi connectivity index (χ0n) is 23.3. The van der Waals surface area contributed by atoms with Crippen molar-refractivity contribution in [3.63, 3.8) is 0 Å². The summed E-state index contributed by atoms with van der Waals surface area (Å²) >= 11 is 12.3. The molecule has 1 N–H and O–H groups in total. The van der Waals surface area contributed by atoms with Crippen LogP contribution < -0.4 is 19.1 Å². The molecule has 220 valence electrons. The fourth-order valence-corrected chi connectivity index (χ4v) is 6.02. The predicted molar refractivity (Wildman–Crippen MR) is 160 cm³/mol. The second-order valence-corrected chi connectivity index (χ2v) is 11.6. The minimum atomic E-state index is -4.28. The highest BCUT2D eigenvalue weighted by Crippen LogP contribution is 2.33. The van der Waals surface area contributed by atoms with Gasteiger partial charge in [0.15, 0.2) is 0 Å². The Kier molecular flexibility index (Phi) is 11.3. The van der Waals surface area contributed by atoms with Crippen molar-refractivity contribution in [3.8, 4) is 11.5 Å². The third-order valence-electron chi connectivity index (χ3n) is 6.35. The normalized spacial score (nSPS) is 11.9. The highest BCUT2D eigenvalue weighted by molar-refractivity contribution is 7.92. The molecule has 3 aromatic carbocycles. The summed E-state index contributed by atoms with van der Waals surface area (Å²) < 4.78 is 39.7. The molecule has 0 aliphatic rings. The molecule has 0 aliphatic carbocycles. The third-order valence-corrected chi connectivity index (χ3v) is 8.87. The summed E-state index contributed by atoms with van der Waals surface area (Å²) in [5, 5.41) is 3.40. The van der Waals surface area contributed by atoms with Gasteiger partial charge in [0.25, 0.3) is 10.0 Å². The van der Waals surface area contributed by atoms with Gasteiger partial charge in [-0.1, -0.05) is 48.3 Å². The van der Waals surface area contributed by atoms with Crippen molar-refractivity contribution in [1.82, 2.24) is 10.2 Å². The van der Waals surface area contributed by atoms with E-state index in [1.54, 1.807) is 56.3 Å². The number of nitrogens with zero attached hydrogens (tertiary/aromatic N) is 2. The Morgan fingerprint density at radius 2 is 1.61 bits per heavy atom. The minimum Gasteiger partial charge on any atom is -0.497 e. The van der Waals surface area contributed by atoms with E-state index >= 15 is 0 Å². The van der Waals surface area contributed by atoms with Crippen molar-refractivity contribution in [2.75, 3.05) is 31.6 Å². The lowest BCUT2D eigenvalue weighted by atomic mass is 10.1. The average Bonchev–Trinajstić information content (AvgIpc) is 2.97. The van der Waals surface area contributed by atoms with Crippen LogP contribution in [0, 0.1) is 0 Å². The average molecular weight is 623 g/mol. The van der Waals surface area contributed by atoms with Crippen LogP contribution in [-0.4, -0.2) is 58.5 Å². The molecule has 0 saturated carbocycles. The molecule has 0 unspecified atom stereocenters. The number of carbonyl (C=O) groups excluding carboxylic acids is 2. The Morgan fingerprint density at radius 3 is 2.20 bits per heavy atom. The number of anilines is 1. The van der Waals surface area contributed by atoms with Crippen LogP contribution >= 0.6 is 23.2 Å². The Bertz CT molecular complexity index is 1470. The molecule has 3 rings (SSSR count). The number of hydrogen-bond donors (Lipinski definition) is 1. The van der Waals surface area contributed by atoms with Gasteiger partial charge in [0.2, 0.25) is 11.8 Å². The maximum atomic E-state index is 14.1. The molecule has 0 bridgehead atoms. The Balaban J connectivity index is 2.11. The lowest BCUT2D eigenvalue weighted by Crippen LogP contribution is -2.52. The van der Waals surface area contributed by atoms with E-state index in [0.717, 1.165) is 4.31 Å². The van der Waals surface area contributed by atoms with Gasteiger partial charge >= 0.3 is 0 Å². The summed E-state index contributed by atoms with van der Waals surface area (Å²) in [5.41, 5.74) is 0.789. The molecule has 2 amide bonds. The van der Waals surface area contributed by atoms with Crippen molar-refractivity contribution in [2.24, 2.45) is 0 Å². The molecule has 0 spiro atoms. The van der Waals surface area contributed by atoms with Gasteiger partial charge in [-0.3, -0.25) is 13.9 Å². The molecule has 0 fully saturated rings. The molecule has 41 heavy (non-hydrogen) atoms. The number of methoxy groups -OCH3 is 2. The predicted octanol–water partition coefficient (Wildman–Crippen LogP) is 5.15. The first-order valence-corrected chi connectivity index (χ1v) is 15.1. The van der Waals surface area contributed by atoms with Gasteiger partial charge in [-0.15, -0.1) is 0 Å². The van der Waals surface area contributed by atoms with Crippen LogP contribution in [0.4, 0.5) is 5.69 Å². The third kappa shape index (κ3) is 7.63. The van der Waals surface area contributed by atoms with Gasteiger partial charge in [-0.05, 0) is 67.4 Å². The minimum absolute atomic E-state index is 0.00624.